The zero-order chi connectivity index (χ0) is 27.8. The quantitative estimate of drug-likeness (QED) is 0.384. The zero-order valence-corrected chi connectivity index (χ0v) is 22.6. The summed E-state index contributed by atoms with van der Waals surface area (Å²) in [6.45, 7) is 7.83. The SMILES string of the molecule is CC(C)c1ccc(C2c3cccn3CCN2C(=O)CN(C(C)C)S(=O)(=O)c2cccc(C(F)(F)F)c2)cc1. The number of sulfonamides is 1. The van der Waals surface area contributed by atoms with Crippen LogP contribution in [0.1, 0.15) is 62.0 Å². The maximum Gasteiger partial charge on any atom is 0.416 e. The van der Waals surface area contributed by atoms with Crippen LogP contribution in [-0.4, -0.2) is 47.2 Å². The highest BCUT2D eigenvalue weighted by Gasteiger charge is 2.37. The number of alkyl halides is 3. The smallest absolute Gasteiger partial charge is 0.348 e. The first-order chi connectivity index (χ1) is 17.8. The van der Waals surface area contributed by atoms with Gasteiger partial charge in [0.2, 0.25) is 15.9 Å². The Balaban J connectivity index is 1.67. The molecule has 4 rings (SSSR count). The fourth-order valence-corrected chi connectivity index (χ4v) is 6.44. The molecule has 204 valence electrons. The number of hydrogen-bond acceptors (Lipinski definition) is 3. The van der Waals surface area contributed by atoms with Crippen LogP contribution in [0.25, 0.3) is 0 Å². The van der Waals surface area contributed by atoms with Crippen LogP contribution in [0.5, 0.6) is 0 Å². The van der Waals surface area contributed by atoms with Gasteiger partial charge < -0.3 is 9.47 Å². The van der Waals surface area contributed by atoms with E-state index >= 15 is 0 Å². The molecular weight excluding hydrogens is 515 g/mol. The lowest BCUT2D eigenvalue weighted by Crippen LogP contribution is -2.49. The minimum Gasteiger partial charge on any atom is -0.348 e. The minimum atomic E-state index is -4.69. The predicted molar refractivity (Wildman–Crippen MR) is 139 cm³/mol. The highest BCUT2D eigenvalue weighted by Crippen LogP contribution is 2.34. The van der Waals surface area contributed by atoms with E-state index in [1.54, 1.807) is 18.7 Å². The number of benzene rings is 2. The molecule has 0 bridgehead atoms. The van der Waals surface area contributed by atoms with Gasteiger partial charge >= 0.3 is 6.18 Å². The third-order valence-corrected chi connectivity index (χ3v) is 8.93. The van der Waals surface area contributed by atoms with E-state index in [2.05, 4.69) is 18.4 Å². The Morgan fingerprint density at radius 1 is 1.00 bits per heavy atom. The van der Waals surface area contributed by atoms with Crippen LogP contribution in [0.2, 0.25) is 0 Å². The highest BCUT2D eigenvalue weighted by molar-refractivity contribution is 7.89. The molecule has 3 aromatic rings. The number of halogens is 3. The molecule has 1 atom stereocenters. The Bertz CT molecular complexity index is 1400. The van der Waals surface area contributed by atoms with Gasteiger partial charge in [-0.05, 0) is 61.2 Å². The first-order valence-electron chi connectivity index (χ1n) is 12.5. The van der Waals surface area contributed by atoms with E-state index in [1.807, 2.05) is 42.6 Å². The third kappa shape index (κ3) is 5.51. The lowest BCUT2D eigenvalue weighted by Gasteiger charge is -2.39. The van der Waals surface area contributed by atoms with Crippen LogP contribution in [0, 0.1) is 0 Å². The van der Waals surface area contributed by atoms with Crippen LogP contribution in [0.15, 0.2) is 71.8 Å². The molecule has 1 amide bonds. The van der Waals surface area contributed by atoms with Gasteiger partial charge in [-0.2, -0.15) is 17.5 Å². The predicted octanol–water partition coefficient (Wildman–Crippen LogP) is 5.66. The molecule has 1 aromatic heterocycles. The fourth-order valence-electron chi connectivity index (χ4n) is 4.80. The molecule has 38 heavy (non-hydrogen) atoms. The molecule has 0 aliphatic carbocycles. The van der Waals surface area contributed by atoms with Crippen molar-refractivity contribution in [2.24, 2.45) is 0 Å². The third-order valence-electron chi connectivity index (χ3n) is 6.91. The Morgan fingerprint density at radius 2 is 1.68 bits per heavy atom. The number of aromatic nitrogens is 1. The van der Waals surface area contributed by atoms with E-state index in [1.165, 1.54) is 0 Å². The van der Waals surface area contributed by atoms with Gasteiger partial charge in [-0.3, -0.25) is 4.79 Å². The van der Waals surface area contributed by atoms with Crippen LogP contribution in [0.4, 0.5) is 13.2 Å². The molecule has 1 aliphatic heterocycles. The molecule has 2 heterocycles. The minimum absolute atomic E-state index is 0.345. The molecule has 10 heteroatoms. The molecule has 0 saturated carbocycles. The van der Waals surface area contributed by atoms with Gasteiger partial charge in [0.25, 0.3) is 0 Å². The van der Waals surface area contributed by atoms with Gasteiger partial charge in [0.1, 0.15) is 0 Å². The van der Waals surface area contributed by atoms with E-state index in [9.17, 15) is 26.4 Å². The first kappa shape index (κ1) is 27.9. The summed E-state index contributed by atoms with van der Waals surface area (Å²) >= 11 is 0. The maximum atomic E-state index is 13.7. The summed E-state index contributed by atoms with van der Waals surface area (Å²) in [4.78, 5) is 14.9. The van der Waals surface area contributed by atoms with Gasteiger partial charge in [-0.25, -0.2) is 8.42 Å². The van der Waals surface area contributed by atoms with Crippen LogP contribution in [0.3, 0.4) is 0 Å². The van der Waals surface area contributed by atoms with Crippen LogP contribution < -0.4 is 0 Å². The average Bonchev–Trinajstić information content (AvgIpc) is 3.35. The van der Waals surface area contributed by atoms with Crippen molar-refractivity contribution in [2.45, 2.75) is 63.3 Å². The van der Waals surface area contributed by atoms with Crippen molar-refractivity contribution in [1.29, 1.82) is 0 Å². The van der Waals surface area contributed by atoms with E-state index in [0.717, 1.165) is 39.3 Å². The number of nitrogens with zero attached hydrogens (tertiary/aromatic N) is 3. The van der Waals surface area contributed by atoms with E-state index in [0.29, 0.717) is 25.1 Å². The van der Waals surface area contributed by atoms with E-state index < -0.39 is 51.2 Å². The van der Waals surface area contributed by atoms with Crippen molar-refractivity contribution in [1.82, 2.24) is 13.8 Å². The topological polar surface area (TPSA) is 62.6 Å². The molecule has 0 fully saturated rings. The Kier molecular flexibility index (Phi) is 7.76. The number of carbonyl (C=O) groups is 1. The Morgan fingerprint density at radius 3 is 2.29 bits per heavy atom. The largest absolute Gasteiger partial charge is 0.416 e. The van der Waals surface area contributed by atoms with E-state index in [-0.39, 0.29) is 0 Å². The van der Waals surface area contributed by atoms with Crippen molar-refractivity contribution in [3.63, 3.8) is 0 Å². The summed E-state index contributed by atoms with van der Waals surface area (Å²) in [6, 6.07) is 14.4. The van der Waals surface area contributed by atoms with Gasteiger partial charge in [0, 0.05) is 31.0 Å². The summed E-state index contributed by atoms with van der Waals surface area (Å²) in [5, 5.41) is 0. The molecule has 0 N–H and O–H groups in total. The maximum absolute atomic E-state index is 13.7. The molecule has 6 nitrogen and oxygen atoms in total. The summed E-state index contributed by atoms with van der Waals surface area (Å²) in [6.07, 6.45) is -2.74. The summed E-state index contributed by atoms with van der Waals surface area (Å²) in [5.74, 6) is -0.0719. The number of rotatable bonds is 7. The number of fused-ring (bicyclic) bond motifs is 1. The lowest BCUT2D eigenvalue weighted by molar-refractivity contribution is -0.138. The van der Waals surface area contributed by atoms with Crippen LogP contribution in [-0.2, 0) is 27.5 Å². The molecule has 1 unspecified atom stereocenters. The second kappa shape index (κ2) is 10.6. The van der Waals surface area contributed by atoms with Gasteiger partial charge in [-0.15, -0.1) is 0 Å². The standard InChI is InChI=1S/C28H32F3N3O3S/c1-19(2)21-10-12-22(13-11-21)27-25-9-6-14-32(25)15-16-33(27)26(35)18-34(20(3)4)38(36,37)24-8-5-7-23(17-24)28(29,30)31/h5-14,17,19-20,27H,15-16,18H2,1-4H3. The molecule has 2 aromatic carbocycles. The van der Waals surface area contributed by atoms with Gasteiger partial charge in [0.05, 0.1) is 23.0 Å². The van der Waals surface area contributed by atoms with Crippen molar-refractivity contribution in [3.05, 3.63) is 89.2 Å². The lowest BCUT2D eigenvalue weighted by atomic mass is 9.95. The van der Waals surface area contributed by atoms with Crippen molar-refractivity contribution >= 4 is 15.9 Å². The Hall–Kier alpha value is -3.11. The summed E-state index contributed by atoms with van der Waals surface area (Å²) < 4.78 is 69.8. The van der Waals surface area contributed by atoms with Gasteiger partial charge in [0.15, 0.2) is 0 Å². The van der Waals surface area contributed by atoms with E-state index in [4.69, 9.17) is 0 Å². The van der Waals surface area contributed by atoms with Crippen LogP contribution >= 0.6 is 0 Å². The van der Waals surface area contributed by atoms with Crippen molar-refractivity contribution in [3.8, 4) is 0 Å². The number of carbonyl (C=O) groups excluding carboxylic acids is 1. The monoisotopic (exact) mass is 547 g/mol. The van der Waals surface area contributed by atoms with Crippen molar-refractivity contribution in [2.75, 3.05) is 13.1 Å². The number of amides is 1. The summed E-state index contributed by atoms with van der Waals surface area (Å²) in [7, 11) is -4.38. The molecule has 0 spiro atoms. The zero-order valence-electron chi connectivity index (χ0n) is 21.8. The molecule has 0 saturated heterocycles. The molecular formula is C28H32F3N3O3S. The Labute approximate surface area is 221 Å². The fraction of sp³-hybridized carbons (Fsp3) is 0.393. The summed E-state index contributed by atoms with van der Waals surface area (Å²) in [5.41, 5.74) is 1.92. The number of hydrogen-bond donors (Lipinski definition) is 0. The highest BCUT2D eigenvalue weighted by atomic mass is 32.2. The van der Waals surface area contributed by atoms with Crippen molar-refractivity contribution < 1.29 is 26.4 Å². The average molecular weight is 548 g/mol. The molecule has 1 aliphatic rings. The normalized spacial score (nSPS) is 16.4. The molecule has 0 radical (unpaired) electrons. The first-order valence-corrected chi connectivity index (χ1v) is 14.0. The second-order valence-corrected chi connectivity index (χ2v) is 12.0. The van der Waals surface area contributed by atoms with Gasteiger partial charge in [-0.1, -0.05) is 44.2 Å². The second-order valence-electron chi connectivity index (χ2n) is 10.1.